The van der Waals surface area contributed by atoms with Crippen LogP contribution in [0, 0.1) is 0 Å². The minimum Gasteiger partial charge on any atom is -0.507 e. The largest absolute Gasteiger partial charge is 0.507 e. The lowest BCUT2D eigenvalue weighted by atomic mass is 10.0. The van der Waals surface area contributed by atoms with Crippen LogP contribution in [0.3, 0.4) is 0 Å². The molecule has 4 rings (SSSR count). The molecule has 0 radical (unpaired) electrons. The maximum Gasteiger partial charge on any atom is 0.338 e. The van der Waals surface area contributed by atoms with Gasteiger partial charge in [0.25, 0.3) is 5.56 Å². The number of esters is 1. The molecular formula is C21H18N2O5S. The highest BCUT2D eigenvalue weighted by Crippen LogP contribution is 2.32. The summed E-state index contributed by atoms with van der Waals surface area (Å²) in [5.41, 5.74) is 0.934. The number of nitrogens with zero attached hydrogens (tertiary/aromatic N) is 2. The molecule has 148 valence electrons. The zero-order chi connectivity index (χ0) is 20.5. The Balaban J connectivity index is 1.96. The van der Waals surface area contributed by atoms with Crippen LogP contribution in [0.15, 0.2) is 62.4 Å². The minimum absolute atomic E-state index is 0.0770. The molecule has 0 bridgehead atoms. The van der Waals surface area contributed by atoms with E-state index in [4.69, 9.17) is 9.15 Å². The first-order chi connectivity index (χ1) is 14.0. The van der Waals surface area contributed by atoms with Gasteiger partial charge < -0.3 is 14.3 Å². The molecule has 0 aliphatic carbocycles. The lowest BCUT2D eigenvalue weighted by Crippen LogP contribution is -2.35. The molecule has 3 heterocycles. The average Bonchev–Trinajstić information content (AvgIpc) is 3.32. The van der Waals surface area contributed by atoms with E-state index in [9.17, 15) is 14.7 Å². The van der Waals surface area contributed by atoms with Crippen molar-refractivity contribution in [1.82, 2.24) is 4.57 Å². The zero-order valence-corrected chi connectivity index (χ0v) is 16.6. The Bertz CT molecular complexity index is 1280. The molecule has 1 aliphatic heterocycles. The van der Waals surface area contributed by atoms with Crippen molar-refractivity contribution in [1.29, 1.82) is 0 Å². The lowest BCUT2D eigenvalue weighted by Gasteiger charge is -2.20. The number of carbonyl (C=O) groups excluding carboxylic acids is 1. The van der Waals surface area contributed by atoms with Crippen molar-refractivity contribution in [3.63, 3.8) is 0 Å². The molecule has 3 aromatic rings. The second-order valence-corrected chi connectivity index (χ2v) is 7.37. The fraction of sp³-hybridized carbons (Fsp3) is 0.190. The molecule has 1 aromatic carbocycles. The lowest BCUT2D eigenvalue weighted by molar-refractivity contribution is -0.138. The summed E-state index contributed by atoms with van der Waals surface area (Å²) in [5, 5.41) is 10.0. The van der Waals surface area contributed by atoms with Crippen LogP contribution in [0.5, 0.6) is 5.75 Å². The minimum atomic E-state index is -0.694. The zero-order valence-electron chi connectivity index (χ0n) is 15.8. The van der Waals surface area contributed by atoms with Crippen molar-refractivity contribution in [3.8, 4) is 5.75 Å². The number of aromatic nitrogens is 1. The fourth-order valence-corrected chi connectivity index (χ4v) is 4.25. The van der Waals surface area contributed by atoms with Gasteiger partial charge in [-0.1, -0.05) is 29.5 Å². The quantitative estimate of drug-likeness (QED) is 0.666. The molecule has 7 nitrogen and oxygen atoms in total. The highest BCUT2D eigenvalue weighted by atomic mass is 32.1. The molecule has 1 atom stereocenters. The molecular weight excluding hydrogens is 392 g/mol. The third-order valence-electron chi connectivity index (χ3n) is 4.58. The Morgan fingerprint density at radius 2 is 2.14 bits per heavy atom. The standard InChI is InChI=1S/C21H18N2O5S/c1-3-27-20(26)17-12(2)23-19(25)16(11-13-7-4-5-8-14(13)24)29-21(23)22-18(17)15-9-6-10-28-15/h4-11,18,24H,3H2,1-2H3/b16-11-/t18-/m0/s1. The molecule has 2 aromatic heterocycles. The first-order valence-corrected chi connectivity index (χ1v) is 9.84. The van der Waals surface area contributed by atoms with Crippen molar-refractivity contribution in [2.75, 3.05) is 6.61 Å². The molecule has 1 N–H and O–H groups in total. The number of phenolic OH excluding ortho intramolecular Hbond substituents is 1. The predicted molar refractivity (Wildman–Crippen MR) is 108 cm³/mol. The molecule has 0 saturated carbocycles. The van der Waals surface area contributed by atoms with Crippen LogP contribution < -0.4 is 14.9 Å². The Morgan fingerprint density at radius 3 is 2.83 bits per heavy atom. The summed E-state index contributed by atoms with van der Waals surface area (Å²) in [4.78, 5) is 30.8. The Hall–Kier alpha value is -3.39. The van der Waals surface area contributed by atoms with Gasteiger partial charge in [0.05, 0.1) is 23.0 Å². The Labute approximate surface area is 169 Å². The van der Waals surface area contributed by atoms with Gasteiger partial charge in [-0.3, -0.25) is 9.36 Å². The van der Waals surface area contributed by atoms with Crippen LogP contribution in [0.25, 0.3) is 11.8 Å². The number of phenols is 1. The van der Waals surface area contributed by atoms with Crippen LogP contribution in [0.4, 0.5) is 0 Å². The summed E-state index contributed by atoms with van der Waals surface area (Å²) >= 11 is 1.19. The van der Waals surface area contributed by atoms with E-state index in [0.717, 1.165) is 0 Å². The predicted octanol–water partition coefficient (Wildman–Crippen LogP) is 2.21. The van der Waals surface area contributed by atoms with Gasteiger partial charge in [0, 0.05) is 11.3 Å². The maximum absolute atomic E-state index is 13.0. The van der Waals surface area contributed by atoms with E-state index in [1.165, 1.54) is 22.2 Å². The molecule has 29 heavy (non-hydrogen) atoms. The number of allylic oxidation sites excluding steroid dienone is 1. The second-order valence-electron chi connectivity index (χ2n) is 6.36. The van der Waals surface area contributed by atoms with Crippen LogP contribution in [0.1, 0.15) is 31.2 Å². The van der Waals surface area contributed by atoms with E-state index in [1.54, 1.807) is 56.3 Å². The molecule has 0 fully saturated rings. The maximum atomic E-state index is 13.0. The first-order valence-electron chi connectivity index (χ1n) is 9.02. The summed E-state index contributed by atoms with van der Waals surface area (Å²) in [5.74, 6) is 0.0315. The summed E-state index contributed by atoms with van der Waals surface area (Å²) in [6.45, 7) is 3.62. The molecule has 0 saturated heterocycles. The van der Waals surface area contributed by atoms with Crippen LogP contribution >= 0.6 is 11.3 Å². The Kier molecular flexibility index (Phi) is 4.94. The number of hydrogen-bond acceptors (Lipinski definition) is 7. The van der Waals surface area contributed by atoms with Crippen LogP contribution in [-0.4, -0.2) is 22.2 Å². The van der Waals surface area contributed by atoms with Gasteiger partial charge in [0.2, 0.25) is 0 Å². The van der Waals surface area contributed by atoms with Crippen molar-refractivity contribution in [3.05, 3.63) is 79.2 Å². The SMILES string of the molecule is CCOC(=O)C1=C(C)n2c(s/c(=C\c3ccccc3O)c2=O)=N[C@H]1c1ccco1. The molecule has 8 heteroatoms. The van der Waals surface area contributed by atoms with Crippen LogP contribution in [-0.2, 0) is 9.53 Å². The number of carbonyl (C=O) groups is 1. The van der Waals surface area contributed by atoms with Gasteiger partial charge in [-0.15, -0.1) is 0 Å². The number of benzene rings is 1. The number of ether oxygens (including phenoxy) is 1. The summed E-state index contributed by atoms with van der Waals surface area (Å²) in [7, 11) is 0. The second kappa shape index (κ2) is 7.56. The monoisotopic (exact) mass is 410 g/mol. The van der Waals surface area contributed by atoms with E-state index >= 15 is 0 Å². The third kappa shape index (κ3) is 3.31. The first kappa shape index (κ1) is 18.9. The van der Waals surface area contributed by atoms with Crippen molar-refractivity contribution >= 4 is 29.1 Å². The molecule has 0 spiro atoms. The third-order valence-corrected chi connectivity index (χ3v) is 5.56. The van der Waals surface area contributed by atoms with Gasteiger partial charge in [0.1, 0.15) is 17.6 Å². The van der Waals surface area contributed by atoms with Gasteiger partial charge in [-0.05, 0) is 38.1 Å². The Morgan fingerprint density at radius 1 is 1.34 bits per heavy atom. The molecule has 0 unspecified atom stereocenters. The number of furan rings is 1. The highest BCUT2D eigenvalue weighted by Gasteiger charge is 2.32. The average molecular weight is 410 g/mol. The number of thiazole rings is 1. The van der Waals surface area contributed by atoms with E-state index in [0.29, 0.717) is 26.4 Å². The van der Waals surface area contributed by atoms with E-state index in [1.807, 2.05) is 0 Å². The smallest absolute Gasteiger partial charge is 0.338 e. The van der Waals surface area contributed by atoms with Crippen LogP contribution in [0.2, 0.25) is 0 Å². The van der Waals surface area contributed by atoms with E-state index in [2.05, 4.69) is 4.99 Å². The summed E-state index contributed by atoms with van der Waals surface area (Å²) in [6, 6.07) is 9.51. The number of hydrogen-bond donors (Lipinski definition) is 1. The number of para-hydroxylation sites is 1. The highest BCUT2D eigenvalue weighted by molar-refractivity contribution is 7.07. The number of aromatic hydroxyl groups is 1. The molecule has 0 amide bonds. The van der Waals surface area contributed by atoms with Crippen molar-refractivity contribution in [2.24, 2.45) is 4.99 Å². The number of fused-ring (bicyclic) bond motifs is 1. The van der Waals surface area contributed by atoms with Gasteiger partial charge >= 0.3 is 5.97 Å². The summed E-state index contributed by atoms with van der Waals surface area (Å²) < 4.78 is 12.5. The van der Waals surface area contributed by atoms with E-state index < -0.39 is 12.0 Å². The topological polar surface area (TPSA) is 94.0 Å². The summed E-state index contributed by atoms with van der Waals surface area (Å²) in [6.07, 6.45) is 3.12. The fourth-order valence-electron chi connectivity index (χ4n) is 3.22. The number of rotatable bonds is 4. The van der Waals surface area contributed by atoms with Gasteiger partial charge in [-0.25, -0.2) is 9.79 Å². The van der Waals surface area contributed by atoms with E-state index in [-0.39, 0.29) is 23.5 Å². The molecule has 1 aliphatic rings. The van der Waals surface area contributed by atoms with Crippen molar-refractivity contribution < 1.29 is 19.1 Å². The van der Waals surface area contributed by atoms with Crippen molar-refractivity contribution in [2.45, 2.75) is 19.9 Å². The van der Waals surface area contributed by atoms with Gasteiger partial charge in [0.15, 0.2) is 4.80 Å². The normalized spacial score (nSPS) is 16.5. The van der Waals surface area contributed by atoms with Gasteiger partial charge in [-0.2, -0.15) is 0 Å².